The quantitative estimate of drug-likeness (QED) is 0.577. The van der Waals surface area contributed by atoms with E-state index in [1.54, 1.807) is 7.11 Å². The van der Waals surface area contributed by atoms with Crippen LogP contribution >= 0.6 is 0 Å². The molecule has 0 aromatic heterocycles. The fourth-order valence-corrected chi connectivity index (χ4v) is 3.38. The Hall–Kier alpha value is -0.120. The molecule has 110 valence electrons. The first kappa shape index (κ1) is 17.9. The van der Waals surface area contributed by atoms with Crippen LogP contribution in [0.4, 0.5) is 0 Å². The predicted molar refractivity (Wildman–Crippen MR) is 80.2 cm³/mol. The number of nitrogens with one attached hydrogen (secondary N) is 1. The monoisotopic (exact) mass is 258 g/mol. The Morgan fingerprint density at radius 1 is 1.11 bits per heavy atom. The van der Waals surface area contributed by atoms with Gasteiger partial charge in [-0.3, -0.25) is 4.90 Å². The van der Waals surface area contributed by atoms with E-state index in [2.05, 4.69) is 45.0 Å². The Labute approximate surface area is 114 Å². The van der Waals surface area contributed by atoms with Crippen molar-refractivity contribution in [3.63, 3.8) is 0 Å². The summed E-state index contributed by atoms with van der Waals surface area (Å²) in [6.45, 7) is 12.3. The Morgan fingerprint density at radius 3 is 2.00 bits per heavy atom. The summed E-state index contributed by atoms with van der Waals surface area (Å²) in [6.07, 6.45) is 4.71. The maximum Gasteiger partial charge on any atom is 0.0462 e. The van der Waals surface area contributed by atoms with Crippen molar-refractivity contribution in [2.45, 2.75) is 65.0 Å². The second-order valence-electron chi connectivity index (χ2n) is 4.96. The van der Waals surface area contributed by atoms with Crippen molar-refractivity contribution < 1.29 is 4.74 Å². The molecule has 0 radical (unpaired) electrons. The van der Waals surface area contributed by atoms with Crippen LogP contribution in [0.3, 0.4) is 0 Å². The van der Waals surface area contributed by atoms with Crippen LogP contribution in [0, 0.1) is 0 Å². The van der Waals surface area contributed by atoms with Crippen LogP contribution in [-0.4, -0.2) is 50.3 Å². The van der Waals surface area contributed by atoms with E-state index in [0.717, 1.165) is 26.1 Å². The summed E-state index contributed by atoms with van der Waals surface area (Å²) in [6, 6.07) is 0.544. The molecule has 1 unspecified atom stereocenters. The van der Waals surface area contributed by atoms with Crippen molar-refractivity contribution in [1.29, 1.82) is 0 Å². The van der Waals surface area contributed by atoms with E-state index in [1.165, 1.54) is 19.3 Å². The van der Waals surface area contributed by atoms with Crippen LogP contribution in [-0.2, 0) is 4.74 Å². The number of likely N-dealkylation sites (N-methyl/N-ethyl adjacent to an activating group) is 2. The molecule has 3 heteroatoms. The van der Waals surface area contributed by atoms with Crippen molar-refractivity contribution in [2.75, 3.05) is 33.9 Å². The molecule has 1 atom stereocenters. The fraction of sp³-hybridized carbons (Fsp3) is 1.00. The van der Waals surface area contributed by atoms with Crippen molar-refractivity contribution in [3.8, 4) is 0 Å². The normalized spacial score (nSPS) is 14.2. The van der Waals surface area contributed by atoms with Gasteiger partial charge in [-0.05, 0) is 45.8 Å². The molecule has 0 heterocycles. The lowest BCUT2D eigenvalue weighted by Crippen LogP contribution is -2.60. The molecule has 0 aliphatic carbocycles. The van der Waals surface area contributed by atoms with Crippen molar-refractivity contribution in [3.05, 3.63) is 0 Å². The Morgan fingerprint density at radius 2 is 1.67 bits per heavy atom. The van der Waals surface area contributed by atoms with Gasteiger partial charge in [-0.15, -0.1) is 0 Å². The molecule has 0 amide bonds. The first-order valence-corrected chi connectivity index (χ1v) is 7.57. The zero-order chi connectivity index (χ0) is 14.0. The van der Waals surface area contributed by atoms with Gasteiger partial charge in [-0.1, -0.05) is 27.7 Å². The topological polar surface area (TPSA) is 24.5 Å². The van der Waals surface area contributed by atoms with E-state index in [9.17, 15) is 0 Å². The molecule has 0 aliphatic rings. The van der Waals surface area contributed by atoms with Crippen LogP contribution in [0.5, 0.6) is 0 Å². The number of ether oxygens (including phenoxy) is 1. The number of hydrogen-bond donors (Lipinski definition) is 1. The lowest BCUT2D eigenvalue weighted by Gasteiger charge is -2.48. The van der Waals surface area contributed by atoms with E-state index in [-0.39, 0.29) is 5.54 Å². The first-order valence-electron chi connectivity index (χ1n) is 7.57. The molecule has 1 N–H and O–H groups in total. The first-order chi connectivity index (χ1) is 8.66. The summed E-state index contributed by atoms with van der Waals surface area (Å²) < 4.78 is 5.19. The van der Waals surface area contributed by atoms with Gasteiger partial charge in [0, 0.05) is 25.3 Å². The van der Waals surface area contributed by atoms with Crippen molar-refractivity contribution >= 4 is 0 Å². The van der Waals surface area contributed by atoms with Gasteiger partial charge in [0.2, 0.25) is 0 Å². The third-order valence-electron chi connectivity index (χ3n) is 4.46. The van der Waals surface area contributed by atoms with Gasteiger partial charge in [-0.2, -0.15) is 0 Å². The minimum absolute atomic E-state index is 0.284. The molecule has 0 aliphatic heterocycles. The predicted octanol–water partition coefficient (Wildman–Crippen LogP) is 2.90. The van der Waals surface area contributed by atoms with Gasteiger partial charge in [0.1, 0.15) is 0 Å². The molecule has 0 fully saturated rings. The maximum absolute atomic E-state index is 5.19. The highest BCUT2D eigenvalue weighted by atomic mass is 16.5. The maximum atomic E-state index is 5.19. The van der Waals surface area contributed by atoms with Crippen LogP contribution in [0.15, 0.2) is 0 Å². The van der Waals surface area contributed by atoms with Gasteiger partial charge in [0.15, 0.2) is 0 Å². The lowest BCUT2D eigenvalue weighted by atomic mass is 9.80. The molecular weight excluding hydrogens is 224 g/mol. The van der Waals surface area contributed by atoms with E-state index < -0.39 is 0 Å². The van der Waals surface area contributed by atoms with E-state index in [4.69, 9.17) is 4.74 Å². The van der Waals surface area contributed by atoms with Gasteiger partial charge in [0.25, 0.3) is 0 Å². The largest absolute Gasteiger partial charge is 0.385 e. The highest BCUT2D eigenvalue weighted by molar-refractivity contribution is 4.98. The highest BCUT2D eigenvalue weighted by Gasteiger charge is 2.38. The van der Waals surface area contributed by atoms with E-state index in [0.29, 0.717) is 6.04 Å². The average molecular weight is 258 g/mol. The SMILES string of the molecule is CCN(CC)C(CC)(CC)C(CCCOC)NC. The standard InChI is InChI=1S/C15H34N2O/c1-7-15(8-2,17(9-3)10-4)14(16-5)12-11-13-18-6/h14,16H,7-13H2,1-6H3. The summed E-state index contributed by atoms with van der Waals surface area (Å²) in [5.74, 6) is 0. The van der Waals surface area contributed by atoms with Gasteiger partial charge < -0.3 is 10.1 Å². The second-order valence-corrected chi connectivity index (χ2v) is 4.96. The van der Waals surface area contributed by atoms with Gasteiger partial charge in [-0.25, -0.2) is 0 Å². The fourth-order valence-electron chi connectivity index (χ4n) is 3.38. The summed E-state index contributed by atoms with van der Waals surface area (Å²) in [5, 5.41) is 3.56. The average Bonchev–Trinajstić information content (AvgIpc) is 2.42. The summed E-state index contributed by atoms with van der Waals surface area (Å²) >= 11 is 0. The molecule has 3 nitrogen and oxygen atoms in total. The second kappa shape index (κ2) is 9.76. The number of rotatable bonds is 11. The van der Waals surface area contributed by atoms with Crippen LogP contribution in [0.2, 0.25) is 0 Å². The van der Waals surface area contributed by atoms with Gasteiger partial charge in [0.05, 0.1) is 0 Å². The lowest BCUT2D eigenvalue weighted by molar-refractivity contribution is 0.0452. The van der Waals surface area contributed by atoms with Crippen molar-refractivity contribution in [2.24, 2.45) is 0 Å². The molecular formula is C15H34N2O. The Kier molecular flexibility index (Phi) is 9.70. The molecule has 0 bridgehead atoms. The number of methoxy groups -OCH3 is 1. The Balaban J connectivity index is 4.88. The minimum atomic E-state index is 0.284. The highest BCUT2D eigenvalue weighted by Crippen LogP contribution is 2.30. The molecule has 0 aromatic rings. The van der Waals surface area contributed by atoms with Crippen molar-refractivity contribution in [1.82, 2.24) is 10.2 Å². The molecule has 0 rings (SSSR count). The molecule has 0 saturated heterocycles. The zero-order valence-corrected chi connectivity index (χ0v) is 13.4. The van der Waals surface area contributed by atoms with Crippen LogP contribution < -0.4 is 5.32 Å². The summed E-state index contributed by atoms with van der Waals surface area (Å²) in [5.41, 5.74) is 0.284. The van der Waals surface area contributed by atoms with E-state index in [1.807, 2.05) is 0 Å². The van der Waals surface area contributed by atoms with Crippen LogP contribution in [0.25, 0.3) is 0 Å². The smallest absolute Gasteiger partial charge is 0.0462 e. The molecule has 0 spiro atoms. The van der Waals surface area contributed by atoms with E-state index >= 15 is 0 Å². The summed E-state index contributed by atoms with van der Waals surface area (Å²) in [7, 11) is 3.88. The summed E-state index contributed by atoms with van der Waals surface area (Å²) in [4.78, 5) is 2.63. The molecule has 0 saturated carbocycles. The molecule has 18 heavy (non-hydrogen) atoms. The molecule has 0 aromatic carbocycles. The van der Waals surface area contributed by atoms with Crippen LogP contribution in [0.1, 0.15) is 53.4 Å². The third kappa shape index (κ3) is 4.22. The number of hydrogen-bond acceptors (Lipinski definition) is 3. The number of nitrogens with zero attached hydrogens (tertiary/aromatic N) is 1. The third-order valence-corrected chi connectivity index (χ3v) is 4.46. The zero-order valence-electron chi connectivity index (χ0n) is 13.4. The Bertz CT molecular complexity index is 189. The van der Waals surface area contributed by atoms with Gasteiger partial charge >= 0.3 is 0 Å². The minimum Gasteiger partial charge on any atom is -0.385 e.